The van der Waals surface area contributed by atoms with Crippen LogP contribution in [-0.2, 0) is 19.5 Å². The second kappa shape index (κ2) is 8.88. The number of para-hydroxylation sites is 1. The predicted molar refractivity (Wildman–Crippen MR) is 51.5 cm³/mol. The molecular formula is C11H13BrNOZn+. The fraction of sp³-hybridized carbons (Fsp3) is 0.364. The van der Waals surface area contributed by atoms with Gasteiger partial charge in [-0.1, -0.05) is 26.0 Å². The summed E-state index contributed by atoms with van der Waals surface area (Å²) >= 11 is 0. The van der Waals surface area contributed by atoms with E-state index in [1.54, 1.807) is 6.07 Å². The molecule has 0 spiro atoms. The minimum atomic E-state index is 0. The molecule has 0 aliphatic heterocycles. The Labute approximate surface area is 114 Å². The molecule has 76 valence electrons. The summed E-state index contributed by atoms with van der Waals surface area (Å²) < 4.78 is 5.47. The maximum atomic E-state index is 8.75. The molecule has 0 saturated heterocycles. The van der Waals surface area contributed by atoms with E-state index >= 15 is 0 Å². The van der Waals surface area contributed by atoms with Crippen LogP contribution in [0.1, 0.15) is 19.4 Å². The summed E-state index contributed by atoms with van der Waals surface area (Å²) in [5.74, 6) is 1.16. The van der Waals surface area contributed by atoms with Crippen LogP contribution in [0.15, 0.2) is 24.3 Å². The summed E-state index contributed by atoms with van der Waals surface area (Å²) in [4.78, 5) is 0. The van der Waals surface area contributed by atoms with Crippen LogP contribution in [0.3, 0.4) is 0 Å². The minimum Gasteiger partial charge on any atom is -1.00 e. The smallest absolute Gasteiger partial charge is 1.00 e. The summed E-state index contributed by atoms with van der Waals surface area (Å²) in [6, 6.07) is 9.38. The van der Waals surface area contributed by atoms with Crippen LogP contribution < -0.4 is 21.7 Å². The predicted octanol–water partition coefficient (Wildman–Crippen LogP) is -0.405. The zero-order valence-corrected chi connectivity index (χ0v) is 13.6. The standard InChI is InChI=1S/C11H13NO.BrH.Zn/c1-9(2)8-13-11-6-4-3-5-10(11)7-12;;/h3-6,9H,8H2,1-2H3;1H;/q;;+2/p-1. The summed E-state index contributed by atoms with van der Waals surface area (Å²) in [7, 11) is 0. The van der Waals surface area contributed by atoms with E-state index in [-0.39, 0.29) is 36.5 Å². The molecular weight excluding hydrogens is 307 g/mol. The first kappa shape index (κ1) is 17.0. The molecule has 0 fully saturated rings. The molecule has 1 rings (SSSR count). The average Bonchev–Trinajstić information content (AvgIpc) is 2.15. The largest absolute Gasteiger partial charge is 2.00 e. The third kappa shape index (κ3) is 5.92. The monoisotopic (exact) mass is 318 g/mol. The minimum absolute atomic E-state index is 0. The Kier molecular flexibility index (Phi) is 10.1. The Morgan fingerprint density at radius 3 is 2.47 bits per heavy atom. The van der Waals surface area contributed by atoms with E-state index in [1.165, 1.54) is 0 Å². The SMILES string of the molecule is CC(C)COc1ccccc1C#N.[Br-].[Zn+2]. The van der Waals surface area contributed by atoms with Gasteiger partial charge in [-0.3, -0.25) is 0 Å². The van der Waals surface area contributed by atoms with Crippen LogP contribution in [0.4, 0.5) is 0 Å². The number of hydrogen-bond acceptors (Lipinski definition) is 2. The number of rotatable bonds is 3. The molecule has 0 unspecified atom stereocenters. The van der Waals surface area contributed by atoms with E-state index in [1.807, 2.05) is 18.2 Å². The quantitative estimate of drug-likeness (QED) is 0.710. The molecule has 0 aliphatic carbocycles. The van der Waals surface area contributed by atoms with E-state index in [0.717, 1.165) is 0 Å². The first-order valence-electron chi connectivity index (χ1n) is 4.36. The van der Waals surface area contributed by atoms with Gasteiger partial charge in [-0.05, 0) is 18.1 Å². The zero-order valence-electron chi connectivity index (χ0n) is 9.03. The fourth-order valence-electron chi connectivity index (χ4n) is 0.941. The molecule has 0 N–H and O–H groups in total. The number of nitriles is 1. The van der Waals surface area contributed by atoms with Crippen molar-refractivity contribution < 1.29 is 41.2 Å². The van der Waals surface area contributed by atoms with Crippen molar-refractivity contribution >= 4 is 0 Å². The van der Waals surface area contributed by atoms with Gasteiger partial charge in [0.25, 0.3) is 0 Å². The van der Waals surface area contributed by atoms with Crippen molar-refractivity contribution in [2.45, 2.75) is 13.8 Å². The van der Waals surface area contributed by atoms with Crippen molar-refractivity contribution in [1.29, 1.82) is 5.26 Å². The summed E-state index contributed by atoms with van der Waals surface area (Å²) in [5.41, 5.74) is 0.600. The van der Waals surface area contributed by atoms with E-state index in [2.05, 4.69) is 19.9 Å². The Morgan fingerprint density at radius 1 is 1.33 bits per heavy atom. The molecule has 0 aromatic heterocycles. The summed E-state index contributed by atoms with van der Waals surface area (Å²) in [5, 5.41) is 8.75. The number of halogens is 1. The Bertz CT molecular complexity index is 323. The Hall–Kier alpha value is -0.387. The van der Waals surface area contributed by atoms with Crippen molar-refractivity contribution in [3.63, 3.8) is 0 Å². The van der Waals surface area contributed by atoms with Crippen LogP contribution >= 0.6 is 0 Å². The van der Waals surface area contributed by atoms with E-state index in [4.69, 9.17) is 10.00 Å². The van der Waals surface area contributed by atoms with Crippen molar-refractivity contribution in [3.8, 4) is 11.8 Å². The van der Waals surface area contributed by atoms with Gasteiger partial charge < -0.3 is 21.7 Å². The molecule has 4 heteroatoms. The van der Waals surface area contributed by atoms with Gasteiger partial charge in [0.2, 0.25) is 0 Å². The van der Waals surface area contributed by atoms with Crippen LogP contribution in [0.2, 0.25) is 0 Å². The Morgan fingerprint density at radius 2 is 1.93 bits per heavy atom. The van der Waals surface area contributed by atoms with Crippen LogP contribution in [0.5, 0.6) is 5.75 Å². The van der Waals surface area contributed by atoms with Crippen molar-refractivity contribution in [1.82, 2.24) is 0 Å². The molecule has 0 aliphatic rings. The van der Waals surface area contributed by atoms with Crippen LogP contribution in [-0.4, -0.2) is 6.61 Å². The molecule has 15 heavy (non-hydrogen) atoms. The topological polar surface area (TPSA) is 33.0 Å². The first-order valence-corrected chi connectivity index (χ1v) is 4.36. The van der Waals surface area contributed by atoms with Gasteiger partial charge in [-0.2, -0.15) is 5.26 Å². The first-order chi connectivity index (χ1) is 6.24. The number of benzene rings is 1. The second-order valence-corrected chi connectivity index (χ2v) is 3.31. The molecule has 1 aromatic carbocycles. The van der Waals surface area contributed by atoms with Crippen LogP contribution in [0, 0.1) is 17.2 Å². The normalized spacial score (nSPS) is 8.40. The average molecular weight is 321 g/mol. The number of ether oxygens (including phenoxy) is 1. The molecule has 0 radical (unpaired) electrons. The Balaban J connectivity index is 0. The van der Waals surface area contributed by atoms with E-state index in [0.29, 0.717) is 23.8 Å². The van der Waals surface area contributed by atoms with Crippen LogP contribution in [0.25, 0.3) is 0 Å². The van der Waals surface area contributed by atoms with Crippen molar-refractivity contribution in [2.75, 3.05) is 6.61 Å². The maximum Gasteiger partial charge on any atom is 2.00 e. The van der Waals surface area contributed by atoms with Crippen molar-refractivity contribution in [2.24, 2.45) is 5.92 Å². The maximum absolute atomic E-state index is 8.75. The van der Waals surface area contributed by atoms with Gasteiger partial charge in [0.15, 0.2) is 0 Å². The molecule has 0 heterocycles. The number of hydrogen-bond donors (Lipinski definition) is 0. The van der Waals surface area contributed by atoms with Gasteiger partial charge in [-0.15, -0.1) is 0 Å². The number of nitrogens with zero attached hydrogens (tertiary/aromatic N) is 1. The third-order valence-corrected chi connectivity index (χ3v) is 1.58. The van der Waals surface area contributed by atoms with Gasteiger partial charge in [0.1, 0.15) is 11.8 Å². The second-order valence-electron chi connectivity index (χ2n) is 3.31. The molecule has 2 nitrogen and oxygen atoms in total. The summed E-state index contributed by atoms with van der Waals surface area (Å²) in [6.07, 6.45) is 0. The molecule has 0 saturated carbocycles. The van der Waals surface area contributed by atoms with E-state index < -0.39 is 0 Å². The molecule has 0 atom stereocenters. The van der Waals surface area contributed by atoms with Gasteiger partial charge in [0, 0.05) is 0 Å². The van der Waals surface area contributed by atoms with Gasteiger partial charge in [-0.25, -0.2) is 0 Å². The fourth-order valence-corrected chi connectivity index (χ4v) is 0.941. The molecule has 0 amide bonds. The molecule has 1 aromatic rings. The van der Waals surface area contributed by atoms with E-state index in [9.17, 15) is 0 Å². The summed E-state index contributed by atoms with van der Waals surface area (Å²) in [6.45, 7) is 4.81. The molecule has 0 bridgehead atoms. The zero-order chi connectivity index (χ0) is 9.68. The van der Waals surface area contributed by atoms with Crippen molar-refractivity contribution in [3.05, 3.63) is 29.8 Å². The van der Waals surface area contributed by atoms with Gasteiger partial charge >= 0.3 is 19.5 Å². The third-order valence-electron chi connectivity index (χ3n) is 1.58. The van der Waals surface area contributed by atoms with Gasteiger partial charge in [0.05, 0.1) is 12.2 Å².